The van der Waals surface area contributed by atoms with Gasteiger partial charge in [0.25, 0.3) is 0 Å². The molecule has 3 N–H and O–H groups in total. The highest BCUT2D eigenvalue weighted by Crippen LogP contribution is 2.00. The summed E-state index contributed by atoms with van der Waals surface area (Å²) in [5.41, 5.74) is 0.994. The molecule has 1 aromatic rings. The molecule has 1 saturated heterocycles. The summed E-state index contributed by atoms with van der Waals surface area (Å²) >= 11 is 0. The molecule has 2 rings (SSSR count). The molecule has 0 atom stereocenters. The van der Waals surface area contributed by atoms with Gasteiger partial charge in [0.15, 0.2) is 0 Å². The molecule has 92 valence electrons. The van der Waals surface area contributed by atoms with Gasteiger partial charge in [-0.2, -0.15) is 5.01 Å². The first-order chi connectivity index (χ1) is 8.27. The number of hydrazine groups is 1. The molecule has 0 aliphatic carbocycles. The molecule has 0 bridgehead atoms. The van der Waals surface area contributed by atoms with Crippen LogP contribution in [0.15, 0.2) is 30.3 Å². The summed E-state index contributed by atoms with van der Waals surface area (Å²) in [5.74, 6) is 0. The maximum atomic E-state index is 11.6. The summed E-state index contributed by atoms with van der Waals surface area (Å²) in [7, 11) is 0. The first-order valence-electron chi connectivity index (χ1n) is 5.54. The van der Waals surface area contributed by atoms with Gasteiger partial charge in [-0.25, -0.2) is 4.79 Å². The molecule has 0 saturated carbocycles. The number of carbonyl (C=O) groups excluding carboxylic acids is 1. The maximum absolute atomic E-state index is 11.6. The van der Waals surface area contributed by atoms with Crippen LogP contribution in [0.5, 0.6) is 0 Å². The van der Waals surface area contributed by atoms with Gasteiger partial charge in [-0.15, -0.1) is 5.17 Å². The van der Waals surface area contributed by atoms with E-state index in [9.17, 15) is 10.0 Å². The van der Waals surface area contributed by atoms with E-state index < -0.39 is 6.03 Å². The van der Waals surface area contributed by atoms with Crippen LogP contribution in [0.3, 0.4) is 0 Å². The highest BCUT2D eigenvalue weighted by molar-refractivity contribution is 5.72. The Hall–Kier alpha value is -1.63. The number of hydrogen-bond donors (Lipinski definition) is 3. The summed E-state index contributed by atoms with van der Waals surface area (Å²) in [6, 6.07) is 9.04. The van der Waals surface area contributed by atoms with E-state index in [1.807, 2.05) is 30.3 Å². The molecular formula is C11H16N4O2. The van der Waals surface area contributed by atoms with E-state index in [-0.39, 0.29) is 0 Å². The van der Waals surface area contributed by atoms with Crippen molar-refractivity contribution in [3.8, 4) is 0 Å². The van der Waals surface area contributed by atoms with E-state index in [4.69, 9.17) is 0 Å². The van der Waals surface area contributed by atoms with Crippen LogP contribution in [-0.4, -0.2) is 41.2 Å². The van der Waals surface area contributed by atoms with Crippen LogP contribution in [-0.2, 0) is 6.54 Å². The molecule has 17 heavy (non-hydrogen) atoms. The second-order valence-corrected chi connectivity index (χ2v) is 3.82. The van der Waals surface area contributed by atoms with Crippen molar-refractivity contribution in [3.63, 3.8) is 0 Å². The summed E-state index contributed by atoms with van der Waals surface area (Å²) in [4.78, 5) is 11.6. The maximum Gasteiger partial charge on any atom is 0.357 e. The predicted octanol–water partition coefficient (Wildman–Crippen LogP) is 0.365. The van der Waals surface area contributed by atoms with Gasteiger partial charge in [-0.05, 0) is 5.56 Å². The van der Waals surface area contributed by atoms with Crippen molar-refractivity contribution in [3.05, 3.63) is 35.9 Å². The van der Waals surface area contributed by atoms with Crippen molar-refractivity contribution in [1.29, 1.82) is 0 Å². The lowest BCUT2D eigenvalue weighted by Crippen LogP contribution is -2.48. The fraction of sp³-hybridized carbons (Fsp3) is 0.364. The number of carbonyl (C=O) groups is 1. The molecule has 6 heteroatoms. The van der Waals surface area contributed by atoms with E-state index in [2.05, 4.69) is 10.6 Å². The summed E-state index contributed by atoms with van der Waals surface area (Å²) < 4.78 is 0. The van der Waals surface area contributed by atoms with Gasteiger partial charge >= 0.3 is 6.03 Å². The van der Waals surface area contributed by atoms with Crippen molar-refractivity contribution >= 4 is 6.03 Å². The fourth-order valence-electron chi connectivity index (χ4n) is 1.63. The molecule has 1 fully saturated rings. The molecule has 0 unspecified atom stereocenters. The highest BCUT2D eigenvalue weighted by atomic mass is 16.6. The van der Waals surface area contributed by atoms with Crippen LogP contribution in [0.1, 0.15) is 5.56 Å². The van der Waals surface area contributed by atoms with Crippen LogP contribution in [0.4, 0.5) is 4.79 Å². The van der Waals surface area contributed by atoms with Gasteiger partial charge in [0.05, 0.1) is 6.67 Å². The van der Waals surface area contributed by atoms with E-state index in [0.717, 1.165) is 12.1 Å². The largest absolute Gasteiger partial charge is 0.357 e. The van der Waals surface area contributed by atoms with Gasteiger partial charge in [0.2, 0.25) is 0 Å². The van der Waals surface area contributed by atoms with Crippen LogP contribution in [0, 0.1) is 0 Å². The number of benzene rings is 1. The molecule has 0 spiro atoms. The van der Waals surface area contributed by atoms with Gasteiger partial charge in [0, 0.05) is 19.6 Å². The zero-order valence-corrected chi connectivity index (χ0v) is 9.47. The zero-order valence-electron chi connectivity index (χ0n) is 9.47. The summed E-state index contributed by atoms with van der Waals surface area (Å²) in [5, 5.41) is 17.4. The fourth-order valence-corrected chi connectivity index (χ4v) is 1.63. The van der Waals surface area contributed by atoms with Crippen molar-refractivity contribution < 1.29 is 10.0 Å². The first kappa shape index (κ1) is 11.8. The van der Waals surface area contributed by atoms with Gasteiger partial charge in [-0.1, -0.05) is 30.3 Å². The SMILES string of the molecule is O=C(NCc1ccccc1)N(O)N1CCNC1. The smallest absolute Gasteiger partial charge is 0.331 e. The minimum Gasteiger partial charge on any atom is -0.331 e. The Morgan fingerprint density at radius 2 is 2.24 bits per heavy atom. The Kier molecular flexibility index (Phi) is 3.92. The third-order valence-electron chi connectivity index (χ3n) is 2.58. The van der Waals surface area contributed by atoms with Crippen LogP contribution in [0.25, 0.3) is 0 Å². The molecule has 0 radical (unpaired) electrons. The van der Waals surface area contributed by atoms with Crippen LogP contribution < -0.4 is 10.6 Å². The van der Waals surface area contributed by atoms with E-state index in [0.29, 0.717) is 24.9 Å². The number of hydroxylamine groups is 1. The number of urea groups is 1. The Bertz CT molecular complexity index is 365. The zero-order chi connectivity index (χ0) is 12.1. The van der Waals surface area contributed by atoms with Gasteiger partial charge < -0.3 is 10.6 Å². The molecule has 0 aromatic heterocycles. The van der Waals surface area contributed by atoms with Crippen molar-refractivity contribution in [2.24, 2.45) is 0 Å². The van der Waals surface area contributed by atoms with Gasteiger partial charge in [0.1, 0.15) is 0 Å². The van der Waals surface area contributed by atoms with Crippen LogP contribution in [0.2, 0.25) is 0 Å². The van der Waals surface area contributed by atoms with Crippen LogP contribution >= 0.6 is 0 Å². The molecule has 1 aliphatic heterocycles. The molecule has 1 aromatic carbocycles. The average molecular weight is 236 g/mol. The Labute approximate surface area is 99.7 Å². The minimum atomic E-state index is -0.516. The highest BCUT2D eigenvalue weighted by Gasteiger charge is 2.22. The minimum absolute atomic E-state index is 0.401. The van der Waals surface area contributed by atoms with Crippen molar-refractivity contribution in [2.75, 3.05) is 19.8 Å². The lowest BCUT2D eigenvalue weighted by molar-refractivity contribution is -0.190. The number of amides is 2. The standard InChI is InChI=1S/C11H16N4O2/c16-11(15(17)14-7-6-12-9-14)13-8-10-4-2-1-3-5-10/h1-5,12,17H,6-9H2,(H,13,16). The number of nitrogens with zero attached hydrogens (tertiary/aromatic N) is 2. The normalized spacial score (nSPS) is 15.8. The second-order valence-electron chi connectivity index (χ2n) is 3.82. The Morgan fingerprint density at radius 1 is 1.47 bits per heavy atom. The molecule has 2 amide bonds. The van der Waals surface area contributed by atoms with E-state index in [1.54, 1.807) is 0 Å². The number of hydrogen-bond acceptors (Lipinski definition) is 4. The third-order valence-corrected chi connectivity index (χ3v) is 2.58. The monoisotopic (exact) mass is 236 g/mol. The van der Waals surface area contributed by atoms with E-state index in [1.165, 1.54) is 5.01 Å². The molecule has 6 nitrogen and oxygen atoms in total. The quantitative estimate of drug-likeness (QED) is 0.524. The van der Waals surface area contributed by atoms with Crippen molar-refractivity contribution in [2.45, 2.75) is 6.54 Å². The Balaban J connectivity index is 1.80. The van der Waals surface area contributed by atoms with E-state index >= 15 is 0 Å². The van der Waals surface area contributed by atoms with Crippen molar-refractivity contribution in [1.82, 2.24) is 20.8 Å². The Morgan fingerprint density at radius 3 is 2.88 bits per heavy atom. The number of nitrogens with one attached hydrogen (secondary N) is 2. The summed E-state index contributed by atoms with van der Waals surface area (Å²) in [6.07, 6.45) is 0. The predicted molar refractivity (Wildman–Crippen MR) is 61.9 cm³/mol. The first-order valence-corrected chi connectivity index (χ1v) is 5.54. The average Bonchev–Trinajstić information content (AvgIpc) is 2.90. The molecule has 1 heterocycles. The molecule has 1 aliphatic rings. The van der Waals surface area contributed by atoms with Gasteiger partial charge in [-0.3, -0.25) is 5.21 Å². The lowest BCUT2D eigenvalue weighted by Gasteiger charge is -2.24. The topological polar surface area (TPSA) is 67.8 Å². The second kappa shape index (κ2) is 5.62. The summed E-state index contributed by atoms with van der Waals surface area (Å²) in [6.45, 7) is 2.27. The number of rotatable bonds is 3. The lowest BCUT2D eigenvalue weighted by atomic mass is 10.2. The third kappa shape index (κ3) is 3.16. The molecular weight excluding hydrogens is 220 g/mol.